The molecular weight excluding hydrogens is 288 g/mol. The van der Waals surface area contributed by atoms with Crippen molar-refractivity contribution >= 4 is 0 Å². The highest BCUT2D eigenvalue weighted by atomic mass is 16.5. The number of aromatic amines is 1. The number of rotatable bonds is 3. The summed E-state index contributed by atoms with van der Waals surface area (Å²) < 4.78 is 5.80. The maximum absolute atomic E-state index is 9.02. The lowest BCUT2D eigenvalue weighted by Crippen LogP contribution is -2.08. The molecule has 2 heterocycles. The second-order valence-electron chi connectivity index (χ2n) is 5.42. The van der Waals surface area contributed by atoms with Gasteiger partial charge in [-0.2, -0.15) is 10.4 Å². The minimum absolute atomic E-state index is 0.605. The van der Waals surface area contributed by atoms with Gasteiger partial charge in [0.2, 0.25) is 0 Å². The summed E-state index contributed by atoms with van der Waals surface area (Å²) in [7, 11) is 0. The number of para-hydroxylation sites is 1. The Kier molecular flexibility index (Phi) is 3.21. The summed E-state index contributed by atoms with van der Waals surface area (Å²) in [5.74, 6) is 1.59. The fourth-order valence-corrected chi connectivity index (χ4v) is 2.75. The predicted octanol–water partition coefficient (Wildman–Crippen LogP) is 3.67. The first-order valence-corrected chi connectivity index (χ1v) is 7.37. The van der Waals surface area contributed by atoms with Crippen LogP contribution in [0.5, 0.6) is 11.5 Å². The summed E-state index contributed by atoms with van der Waals surface area (Å²) in [6.45, 7) is 1.22. The average molecular weight is 302 g/mol. The molecule has 0 saturated heterocycles. The molecule has 0 saturated carbocycles. The van der Waals surface area contributed by atoms with Gasteiger partial charge in [0.1, 0.15) is 11.5 Å². The highest BCUT2D eigenvalue weighted by Gasteiger charge is 2.24. The maximum atomic E-state index is 9.02. The van der Waals surface area contributed by atoms with Gasteiger partial charge in [-0.1, -0.05) is 18.2 Å². The topological polar surface area (TPSA) is 64.9 Å². The smallest absolute Gasteiger partial charge is 0.180 e. The van der Waals surface area contributed by atoms with E-state index in [1.807, 2.05) is 54.6 Å². The zero-order valence-corrected chi connectivity index (χ0v) is 12.4. The van der Waals surface area contributed by atoms with Crippen molar-refractivity contribution in [2.45, 2.75) is 13.1 Å². The minimum atomic E-state index is 0.605. The van der Waals surface area contributed by atoms with E-state index in [4.69, 9.17) is 10.00 Å². The van der Waals surface area contributed by atoms with E-state index in [-0.39, 0.29) is 0 Å². The number of nitrogens with one attached hydrogen (secondary N) is 1. The molecule has 3 aromatic rings. The van der Waals surface area contributed by atoms with Gasteiger partial charge in [0.15, 0.2) is 6.19 Å². The summed E-state index contributed by atoms with van der Waals surface area (Å²) >= 11 is 0. The molecule has 23 heavy (non-hydrogen) atoms. The molecule has 1 aliphatic rings. The molecule has 2 aromatic carbocycles. The lowest BCUT2D eigenvalue weighted by Gasteiger charge is -2.07. The molecule has 0 spiro atoms. The first-order valence-electron chi connectivity index (χ1n) is 7.37. The molecule has 1 aliphatic heterocycles. The molecule has 0 amide bonds. The van der Waals surface area contributed by atoms with Gasteiger partial charge in [-0.3, -0.25) is 5.10 Å². The highest BCUT2D eigenvalue weighted by Crippen LogP contribution is 2.31. The fourth-order valence-electron chi connectivity index (χ4n) is 2.75. The lowest BCUT2D eigenvalue weighted by molar-refractivity contribution is 0.412. The molecule has 4 rings (SSSR count). The molecule has 0 atom stereocenters. The summed E-state index contributed by atoms with van der Waals surface area (Å²) in [5, 5.41) is 16.4. The van der Waals surface area contributed by atoms with Gasteiger partial charge in [0.25, 0.3) is 0 Å². The number of hydrogen-bond donors (Lipinski definition) is 1. The molecular formula is C18H14N4O. The van der Waals surface area contributed by atoms with Crippen LogP contribution >= 0.6 is 0 Å². The zero-order chi connectivity index (χ0) is 15.6. The number of fused-ring (bicyclic) bond motifs is 1. The van der Waals surface area contributed by atoms with Crippen molar-refractivity contribution in [2.75, 3.05) is 0 Å². The third-order valence-corrected chi connectivity index (χ3v) is 3.90. The largest absolute Gasteiger partial charge is 0.457 e. The molecule has 0 aliphatic carbocycles. The van der Waals surface area contributed by atoms with Gasteiger partial charge < -0.3 is 9.64 Å². The van der Waals surface area contributed by atoms with E-state index in [1.165, 1.54) is 0 Å². The molecule has 112 valence electrons. The summed E-state index contributed by atoms with van der Waals surface area (Å²) in [6, 6.07) is 17.5. The second-order valence-corrected chi connectivity index (χ2v) is 5.42. The highest BCUT2D eigenvalue weighted by molar-refractivity contribution is 5.65. The Hall–Kier alpha value is -3.26. The Morgan fingerprint density at radius 3 is 2.48 bits per heavy atom. The Balaban J connectivity index is 1.57. The average Bonchev–Trinajstić information content (AvgIpc) is 3.17. The van der Waals surface area contributed by atoms with Crippen molar-refractivity contribution in [1.29, 1.82) is 5.26 Å². The third kappa shape index (κ3) is 2.51. The molecule has 0 bridgehead atoms. The van der Waals surface area contributed by atoms with Crippen LogP contribution in [0.3, 0.4) is 0 Å². The molecule has 0 radical (unpaired) electrons. The Morgan fingerprint density at radius 2 is 1.74 bits per heavy atom. The number of nitrogens with zero attached hydrogens (tertiary/aromatic N) is 3. The normalized spacial score (nSPS) is 12.7. The molecule has 1 N–H and O–H groups in total. The van der Waals surface area contributed by atoms with Gasteiger partial charge in [-0.05, 0) is 36.4 Å². The number of benzene rings is 2. The number of H-pyrrole nitrogens is 1. The van der Waals surface area contributed by atoms with E-state index in [1.54, 1.807) is 4.90 Å². The number of aromatic nitrogens is 2. The van der Waals surface area contributed by atoms with Crippen LogP contribution in [0.2, 0.25) is 0 Å². The van der Waals surface area contributed by atoms with Crippen LogP contribution in [-0.4, -0.2) is 15.1 Å². The Morgan fingerprint density at radius 1 is 1.00 bits per heavy atom. The van der Waals surface area contributed by atoms with Crippen molar-refractivity contribution in [3.63, 3.8) is 0 Å². The predicted molar refractivity (Wildman–Crippen MR) is 85.4 cm³/mol. The summed E-state index contributed by atoms with van der Waals surface area (Å²) in [5.41, 5.74) is 4.04. The molecule has 5 nitrogen and oxygen atoms in total. The minimum Gasteiger partial charge on any atom is -0.457 e. The fraction of sp³-hybridized carbons (Fsp3) is 0.111. The zero-order valence-electron chi connectivity index (χ0n) is 12.4. The van der Waals surface area contributed by atoms with Crippen LogP contribution in [-0.2, 0) is 13.1 Å². The second kappa shape index (κ2) is 5.50. The first kappa shape index (κ1) is 13.4. The van der Waals surface area contributed by atoms with Crippen LogP contribution < -0.4 is 4.74 Å². The van der Waals surface area contributed by atoms with E-state index >= 15 is 0 Å². The van der Waals surface area contributed by atoms with Crippen LogP contribution in [0, 0.1) is 11.5 Å². The van der Waals surface area contributed by atoms with E-state index in [2.05, 4.69) is 16.4 Å². The Bertz CT molecular complexity index is 862. The van der Waals surface area contributed by atoms with Crippen molar-refractivity contribution in [3.05, 3.63) is 65.9 Å². The van der Waals surface area contributed by atoms with E-state index < -0.39 is 0 Å². The van der Waals surface area contributed by atoms with Crippen LogP contribution in [0.25, 0.3) is 11.3 Å². The quantitative estimate of drug-likeness (QED) is 0.750. The van der Waals surface area contributed by atoms with E-state index in [0.717, 1.165) is 34.0 Å². The first-order chi connectivity index (χ1) is 11.3. The van der Waals surface area contributed by atoms with Crippen LogP contribution in [0.15, 0.2) is 54.6 Å². The van der Waals surface area contributed by atoms with Crippen molar-refractivity contribution < 1.29 is 4.74 Å². The van der Waals surface area contributed by atoms with Gasteiger partial charge in [0, 0.05) is 11.1 Å². The Labute approximate surface area is 133 Å². The monoisotopic (exact) mass is 302 g/mol. The molecule has 0 fully saturated rings. The lowest BCUT2D eigenvalue weighted by atomic mass is 10.1. The molecule has 0 unspecified atom stereocenters. The van der Waals surface area contributed by atoms with Crippen LogP contribution in [0.4, 0.5) is 0 Å². The van der Waals surface area contributed by atoms with Gasteiger partial charge in [-0.15, -0.1) is 0 Å². The molecule has 5 heteroatoms. The number of nitriles is 1. The SMILES string of the molecule is N#CN1Cc2[nH]nc(-c3ccc(Oc4ccccc4)cc3)c2C1. The van der Waals surface area contributed by atoms with Crippen LogP contribution in [0.1, 0.15) is 11.3 Å². The van der Waals surface area contributed by atoms with Crippen molar-refractivity contribution in [3.8, 4) is 28.9 Å². The summed E-state index contributed by atoms with van der Waals surface area (Å²) in [4.78, 5) is 1.71. The standard InChI is InChI=1S/C18H14N4O/c19-12-22-10-16-17(11-22)20-21-18(16)13-6-8-15(9-7-13)23-14-4-2-1-3-5-14/h1-9H,10-11H2,(H,20,21). The third-order valence-electron chi connectivity index (χ3n) is 3.90. The van der Waals surface area contributed by atoms with Crippen molar-refractivity contribution in [2.24, 2.45) is 0 Å². The maximum Gasteiger partial charge on any atom is 0.180 e. The van der Waals surface area contributed by atoms with Gasteiger partial charge >= 0.3 is 0 Å². The molecule has 1 aromatic heterocycles. The van der Waals surface area contributed by atoms with E-state index in [9.17, 15) is 0 Å². The van der Waals surface area contributed by atoms with E-state index in [0.29, 0.717) is 13.1 Å². The summed E-state index contributed by atoms with van der Waals surface area (Å²) in [6.07, 6.45) is 2.18. The number of ether oxygens (including phenoxy) is 1. The number of hydrogen-bond acceptors (Lipinski definition) is 4. The van der Waals surface area contributed by atoms with Gasteiger partial charge in [0.05, 0.1) is 24.5 Å². The van der Waals surface area contributed by atoms with Gasteiger partial charge in [-0.25, -0.2) is 0 Å². The van der Waals surface area contributed by atoms with Crippen molar-refractivity contribution in [1.82, 2.24) is 15.1 Å².